The molecule has 0 saturated heterocycles. The average Bonchev–Trinajstić information content (AvgIpc) is 3.27. The molecule has 2 heterocycles. The third-order valence-corrected chi connectivity index (χ3v) is 5.34. The second-order valence-corrected chi connectivity index (χ2v) is 8.21. The molecule has 0 saturated carbocycles. The molecule has 11 nitrogen and oxygen atoms in total. The quantitative estimate of drug-likeness (QED) is 0.223. The molecule has 40 heavy (non-hydrogen) atoms. The molecule has 0 aliphatic rings. The van der Waals surface area contributed by atoms with Crippen LogP contribution in [0.1, 0.15) is 11.1 Å². The Morgan fingerprint density at radius 3 is 2.50 bits per heavy atom. The molecule has 4 N–H and O–H groups in total. The Hall–Kier alpha value is -4.49. The number of carbonyl (C=O) groups is 1. The number of carbonyl (C=O) groups excluding carboxylic acids is 1. The summed E-state index contributed by atoms with van der Waals surface area (Å²) in [6.07, 6.45) is 6.69. The van der Waals surface area contributed by atoms with Crippen LogP contribution in [-0.2, 0) is 11.8 Å². The summed E-state index contributed by atoms with van der Waals surface area (Å²) in [4.78, 5) is 29.6. The minimum Gasteiger partial charge on any atom is -0.432 e. The van der Waals surface area contributed by atoms with Crippen LogP contribution in [0, 0.1) is 0 Å². The van der Waals surface area contributed by atoms with Crippen LogP contribution in [0.25, 0.3) is 17.1 Å². The SMILES string of the molecule is C=Cc1cc(N=CN=C(N=C)c2cn(C)c3ncccc23)c(OC(F)F)cc1N(C)CCN(C)C.CN.NC=O. The van der Waals surface area contributed by atoms with Gasteiger partial charge in [0.2, 0.25) is 6.41 Å². The van der Waals surface area contributed by atoms with Gasteiger partial charge in [0.05, 0.1) is 0 Å². The highest BCUT2D eigenvalue weighted by molar-refractivity contribution is 6.12. The van der Waals surface area contributed by atoms with Crippen molar-refractivity contribution >= 4 is 53.8 Å². The fourth-order valence-electron chi connectivity index (χ4n) is 3.56. The van der Waals surface area contributed by atoms with Crippen molar-refractivity contribution in [2.45, 2.75) is 6.61 Å². The number of hydrogen-bond donors (Lipinski definition) is 2. The summed E-state index contributed by atoms with van der Waals surface area (Å²) in [6.45, 7) is 5.93. The fraction of sp³-hybridized carbons (Fsp3) is 0.296. The van der Waals surface area contributed by atoms with E-state index in [1.165, 1.54) is 19.5 Å². The monoisotopic (exact) mass is 557 g/mol. The number of rotatable bonds is 10. The predicted molar refractivity (Wildman–Crippen MR) is 160 cm³/mol. The first-order valence-corrected chi connectivity index (χ1v) is 12.0. The number of primary amides is 1. The van der Waals surface area contributed by atoms with E-state index in [2.05, 4.69) is 44.7 Å². The maximum absolute atomic E-state index is 13.2. The van der Waals surface area contributed by atoms with Gasteiger partial charge in [-0.15, -0.1) is 0 Å². The van der Waals surface area contributed by atoms with Crippen LogP contribution in [0.2, 0.25) is 0 Å². The minimum atomic E-state index is -3.00. The first kappa shape index (κ1) is 33.5. The number of likely N-dealkylation sites (N-methyl/N-ethyl adjacent to an activating group) is 2. The van der Waals surface area contributed by atoms with E-state index in [1.807, 2.05) is 60.9 Å². The van der Waals surface area contributed by atoms with Gasteiger partial charge in [0.1, 0.15) is 17.7 Å². The number of ether oxygens (including phenoxy) is 1. The second-order valence-electron chi connectivity index (χ2n) is 8.21. The molecular weight excluding hydrogens is 520 g/mol. The summed E-state index contributed by atoms with van der Waals surface area (Å²) in [5.74, 6) is 0.263. The van der Waals surface area contributed by atoms with Crippen molar-refractivity contribution in [1.29, 1.82) is 0 Å². The predicted octanol–water partition coefficient (Wildman–Crippen LogP) is 3.30. The van der Waals surface area contributed by atoms with Crippen LogP contribution in [-0.4, -0.2) is 87.6 Å². The van der Waals surface area contributed by atoms with E-state index < -0.39 is 6.61 Å². The van der Waals surface area contributed by atoms with Crippen molar-refractivity contribution in [3.63, 3.8) is 0 Å². The van der Waals surface area contributed by atoms with Crippen LogP contribution >= 0.6 is 0 Å². The minimum absolute atomic E-state index is 0.0637. The number of nitrogens with two attached hydrogens (primary N) is 2. The Labute approximate surface area is 233 Å². The molecule has 0 atom stereocenters. The number of amidine groups is 1. The normalized spacial score (nSPS) is 11.1. The van der Waals surface area contributed by atoms with Crippen molar-refractivity contribution in [3.05, 3.63) is 54.4 Å². The number of benzene rings is 1. The van der Waals surface area contributed by atoms with Crippen LogP contribution in [0.4, 0.5) is 20.2 Å². The molecule has 0 unspecified atom stereocenters. The standard InChI is InChI=1S/C25H29F2N7O.CH3NO.CH5N/c1-7-17-13-20(22(35-25(26)27)14-21(17)33(5)12-11-32(3)4)30-16-31-23(28-2)19-15-34(6)24-18(19)9-8-10-29-24;2-1-3;1-2/h7-10,13-16,25H,1-2,11-12H2,3-6H3;1H,(H2,2,3);2H2,1H3. The zero-order valence-corrected chi connectivity index (χ0v) is 23.5. The topological polar surface area (TPSA) is 140 Å². The smallest absolute Gasteiger partial charge is 0.387 e. The third-order valence-electron chi connectivity index (χ3n) is 5.34. The molecule has 2 aromatic heterocycles. The van der Waals surface area contributed by atoms with Crippen LogP contribution < -0.4 is 21.1 Å². The Morgan fingerprint density at radius 1 is 1.25 bits per heavy atom. The third kappa shape index (κ3) is 9.36. The lowest BCUT2D eigenvalue weighted by atomic mass is 10.1. The summed E-state index contributed by atoms with van der Waals surface area (Å²) in [6, 6.07) is 6.91. The zero-order valence-electron chi connectivity index (χ0n) is 23.5. The van der Waals surface area contributed by atoms with E-state index in [-0.39, 0.29) is 17.8 Å². The molecule has 1 aromatic carbocycles. The van der Waals surface area contributed by atoms with Gasteiger partial charge >= 0.3 is 6.61 Å². The molecule has 0 aliphatic heterocycles. The molecule has 1 amide bonds. The molecule has 0 radical (unpaired) electrons. The molecule has 3 rings (SSSR count). The molecule has 0 bridgehead atoms. The highest BCUT2D eigenvalue weighted by atomic mass is 19.3. The van der Waals surface area contributed by atoms with Gasteiger partial charge in [-0.05, 0) is 51.6 Å². The van der Waals surface area contributed by atoms with Gasteiger partial charge < -0.3 is 30.6 Å². The zero-order chi connectivity index (χ0) is 30.2. The highest BCUT2D eigenvalue weighted by Crippen LogP contribution is 2.37. The number of aliphatic imine (C=N–C) groups is 3. The number of anilines is 1. The molecule has 0 aliphatic carbocycles. The highest BCUT2D eigenvalue weighted by Gasteiger charge is 2.16. The van der Waals surface area contributed by atoms with E-state index in [1.54, 1.807) is 18.3 Å². The summed E-state index contributed by atoms with van der Waals surface area (Å²) in [5.41, 5.74) is 11.8. The van der Waals surface area contributed by atoms with Crippen molar-refractivity contribution in [3.8, 4) is 5.75 Å². The second kappa shape index (κ2) is 17.2. The summed E-state index contributed by atoms with van der Waals surface area (Å²) < 4.78 is 33.0. The first-order chi connectivity index (χ1) is 19.2. The van der Waals surface area contributed by atoms with E-state index in [9.17, 15) is 8.78 Å². The number of hydrogen-bond acceptors (Lipinski definition) is 7. The number of pyridine rings is 1. The van der Waals surface area contributed by atoms with Gasteiger partial charge in [-0.1, -0.05) is 12.7 Å². The largest absolute Gasteiger partial charge is 0.432 e. The number of amides is 1. The van der Waals surface area contributed by atoms with E-state index in [4.69, 9.17) is 9.53 Å². The Kier molecular flexibility index (Phi) is 14.4. The van der Waals surface area contributed by atoms with Gasteiger partial charge in [0.25, 0.3) is 0 Å². The van der Waals surface area contributed by atoms with E-state index in [0.29, 0.717) is 18.1 Å². The van der Waals surface area contributed by atoms with Crippen molar-refractivity contribution in [2.75, 3.05) is 46.2 Å². The maximum Gasteiger partial charge on any atom is 0.387 e. The molecule has 3 aromatic rings. The van der Waals surface area contributed by atoms with Crippen molar-refractivity contribution in [1.82, 2.24) is 14.5 Å². The average molecular weight is 558 g/mol. The first-order valence-electron chi connectivity index (χ1n) is 12.0. The van der Waals surface area contributed by atoms with E-state index in [0.717, 1.165) is 28.7 Å². The lowest BCUT2D eigenvalue weighted by Gasteiger charge is -2.24. The van der Waals surface area contributed by atoms with Crippen LogP contribution in [0.5, 0.6) is 5.75 Å². The summed E-state index contributed by atoms with van der Waals surface area (Å²) in [5, 5.41) is 0.857. The molecule has 216 valence electrons. The number of alkyl halides is 2. The van der Waals surface area contributed by atoms with Gasteiger partial charge in [-0.2, -0.15) is 8.78 Å². The number of nitrogens with zero attached hydrogens (tertiary/aromatic N) is 7. The van der Waals surface area contributed by atoms with Crippen LogP contribution in [0.3, 0.4) is 0 Å². The Morgan fingerprint density at radius 2 is 1.93 bits per heavy atom. The Bertz CT molecular complexity index is 1320. The van der Waals surface area contributed by atoms with Gasteiger partial charge in [-0.3, -0.25) is 4.79 Å². The molecule has 0 fully saturated rings. The number of aryl methyl sites for hydroxylation is 1. The number of fused-ring (bicyclic) bond motifs is 1. The Balaban J connectivity index is 0.00000150. The molecule has 0 spiro atoms. The van der Waals surface area contributed by atoms with Gasteiger partial charge in [0.15, 0.2) is 11.6 Å². The summed E-state index contributed by atoms with van der Waals surface area (Å²) >= 11 is 0. The van der Waals surface area contributed by atoms with Gasteiger partial charge in [0, 0.05) is 62.3 Å². The van der Waals surface area contributed by atoms with Crippen molar-refractivity contribution in [2.24, 2.45) is 33.5 Å². The maximum atomic E-state index is 13.2. The molecule has 13 heteroatoms. The van der Waals surface area contributed by atoms with Crippen LogP contribution in [0.15, 0.2) is 58.2 Å². The lowest BCUT2D eigenvalue weighted by molar-refractivity contribution is -0.106. The number of halogens is 2. The number of aromatic nitrogens is 2. The van der Waals surface area contributed by atoms with E-state index >= 15 is 0 Å². The fourth-order valence-corrected chi connectivity index (χ4v) is 3.56. The lowest BCUT2D eigenvalue weighted by Crippen LogP contribution is -2.28. The van der Waals surface area contributed by atoms with Gasteiger partial charge in [-0.25, -0.2) is 20.0 Å². The molecular formula is C27H37F2N9O2. The van der Waals surface area contributed by atoms with Crippen molar-refractivity contribution < 1.29 is 18.3 Å². The summed E-state index contributed by atoms with van der Waals surface area (Å²) in [7, 11) is 9.18.